The summed E-state index contributed by atoms with van der Waals surface area (Å²) < 4.78 is 0.824. The third-order valence-electron chi connectivity index (χ3n) is 3.66. The third kappa shape index (κ3) is 4.72. The van der Waals surface area contributed by atoms with Crippen LogP contribution in [0.4, 0.5) is 0 Å². The molecule has 0 aliphatic heterocycles. The van der Waals surface area contributed by atoms with Gasteiger partial charge in [0.05, 0.1) is 16.8 Å². The van der Waals surface area contributed by atoms with Crippen LogP contribution in [0, 0.1) is 0 Å². The number of halogens is 1. The minimum atomic E-state index is -0.451. The molecule has 27 heavy (non-hydrogen) atoms. The van der Waals surface area contributed by atoms with Crippen LogP contribution in [0.2, 0.25) is 0 Å². The van der Waals surface area contributed by atoms with Gasteiger partial charge in [-0.2, -0.15) is 5.10 Å². The molecule has 0 saturated heterocycles. The number of fused-ring (bicyclic) bond motifs is 1. The van der Waals surface area contributed by atoms with Crippen LogP contribution < -0.4 is 5.43 Å². The first-order chi connectivity index (χ1) is 13.1. The summed E-state index contributed by atoms with van der Waals surface area (Å²) in [6.45, 7) is 1.55. The fourth-order valence-corrected chi connectivity index (χ4v) is 3.62. The number of amides is 1. The zero-order valence-corrected chi connectivity index (χ0v) is 16.8. The van der Waals surface area contributed by atoms with Gasteiger partial charge in [-0.05, 0) is 29.8 Å². The van der Waals surface area contributed by atoms with Crippen LogP contribution >= 0.6 is 27.3 Å². The number of nitrogens with one attached hydrogen (secondary N) is 1. The Morgan fingerprint density at radius 2 is 2.07 bits per heavy atom. The van der Waals surface area contributed by atoms with Gasteiger partial charge in [0.25, 0.3) is 5.91 Å². The van der Waals surface area contributed by atoms with Crippen molar-refractivity contribution < 1.29 is 14.7 Å². The number of rotatable bonds is 6. The van der Waals surface area contributed by atoms with Crippen molar-refractivity contribution in [2.24, 2.45) is 10.3 Å². The van der Waals surface area contributed by atoms with Gasteiger partial charge in [-0.25, -0.2) is 5.43 Å². The number of thiophene rings is 1. The summed E-state index contributed by atoms with van der Waals surface area (Å²) in [6.07, 6.45) is 1.38. The van der Waals surface area contributed by atoms with Crippen molar-refractivity contribution >= 4 is 55.9 Å². The van der Waals surface area contributed by atoms with E-state index in [0.29, 0.717) is 16.7 Å². The summed E-state index contributed by atoms with van der Waals surface area (Å²) in [5, 5.41) is 21.7. The second-order valence-corrected chi connectivity index (χ2v) is 7.36. The van der Waals surface area contributed by atoms with Crippen LogP contribution in [0.1, 0.15) is 17.4 Å². The highest BCUT2D eigenvalue weighted by molar-refractivity contribution is 9.10. The molecule has 138 valence electrons. The molecule has 2 N–H and O–H groups in total. The summed E-state index contributed by atoms with van der Waals surface area (Å²) in [5.74, 6) is -0.354. The van der Waals surface area contributed by atoms with E-state index in [1.807, 2.05) is 48.7 Å². The average molecular weight is 446 g/mol. The number of hydrazone groups is 1. The highest BCUT2D eigenvalue weighted by Gasteiger charge is 2.08. The largest absolute Gasteiger partial charge is 0.507 e. The quantitative estimate of drug-likeness (QED) is 0.439. The van der Waals surface area contributed by atoms with Crippen LogP contribution in [0.15, 0.2) is 62.6 Å². The molecule has 1 amide bonds. The van der Waals surface area contributed by atoms with Gasteiger partial charge in [0, 0.05) is 15.4 Å². The second-order valence-electron chi connectivity index (χ2n) is 5.56. The van der Waals surface area contributed by atoms with Gasteiger partial charge in [-0.1, -0.05) is 51.4 Å². The maximum atomic E-state index is 11.8. The van der Waals surface area contributed by atoms with Crippen LogP contribution in [0.3, 0.4) is 0 Å². The minimum Gasteiger partial charge on any atom is -0.507 e. The highest BCUT2D eigenvalue weighted by atomic mass is 79.9. The van der Waals surface area contributed by atoms with Crippen molar-refractivity contribution in [3.8, 4) is 5.75 Å². The van der Waals surface area contributed by atoms with Crippen LogP contribution in [0.25, 0.3) is 10.8 Å². The smallest absolute Gasteiger partial charge is 0.280 e. The van der Waals surface area contributed by atoms with E-state index in [-0.39, 0.29) is 12.4 Å². The standard InChI is InChI=1S/C19H16BrN3O3S/c1-12(17-7-4-8-27-17)23-26-11-18(24)22-21-10-13-9-16(20)14-5-2-3-6-15(14)19(13)25/h2-10,25H,11H2,1H3,(H,22,24)/b21-10+,23-12?. The highest BCUT2D eigenvalue weighted by Crippen LogP contribution is 2.33. The van der Waals surface area contributed by atoms with Crippen molar-refractivity contribution in [2.45, 2.75) is 6.92 Å². The Hall–Kier alpha value is -2.71. The van der Waals surface area contributed by atoms with Crippen molar-refractivity contribution in [2.75, 3.05) is 6.61 Å². The number of phenols is 1. The SMILES string of the molecule is CC(=NOCC(=O)N/N=C/c1cc(Br)c2ccccc2c1O)c1cccs1. The predicted octanol–water partition coefficient (Wildman–Crippen LogP) is 4.26. The maximum Gasteiger partial charge on any atom is 0.280 e. The van der Waals surface area contributed by atoms with Gasteiger partial charge < -0.3 is 9.94 Å². The van der Waals surface area contributed by atoms with Crippen molar-refractivity contribution in [3.05, 3.63) is 62.8 Å². The number of benzene rings is 2. The van der Waals surface area contributed by atoms with Gasteiger partial charge in [-0.3, -0.25) is 4.79 Å². The molecule has 0 fully saturated rings. The number of oxime groups is 1. The summed E-state index contributed by atoms with van der Waals surface area (Å²) in [4.78, 5) is 17.8. The Kier molecular flexibility index (Phi) is 6.20. The first-order valence-electron chi connectivity index (χ1n) is 7.99. The zero-order valence-electron chi connectivity index (χ0n) is 14.3. The van der Waals surface area contributed by atoms with Crippen molar-refractivity contribution in [1.29, 1.82) is 0 Å². The van der Waals surface area contributed by atoms with Gasteiger partial charge >= 0.3 is 0 Å². The van der Waals surface area contributed by atoms with E-state index in [2.05, 4.69) is 31.6 Å². The zero-order chi connectivity index (χ0) is 19.2. The molecular formula is C19H16BrN3O3S. The lowest BCUT2D eigenvalue weighted by Gasteiger charge is -2.06. The van der Waals surface area contributed by atoms with Gasteiger partial charge in [0.1, 0.15) is 5.75 Å². The molecule has 3 aromatic rings. The first kappa shape index (κ1) is 19.1. The van der Waals surface area contributed by atoms with Gasteiger partial charge in [0.15, 0.2) is 6.61 Å². The number of hydrogen-bond donors (Lipinski definition) is 2. The molecule has 0 unspecified atom stereocenters. The topological polar surface area (TPSA) is 83.3 Å². The fourth-order valence-electron chi connectivity index (χ4n) is 2.36. The number of hydrogen-bond acceptors (Lipinski definition) is 6. The molecular weight excluding hydrogens is 430 g/mol. The van der Waals surface area contributed by atoms with Gasteiger partial charge in [-0.15, -0.1) is 11.3 Å². The maximum absolute atomic E-state index is 11.8. The molecule has 0 spiro atoms. The molecule has 6 nitrogen and oxygen atoms in total. The number of phenolic OH excluding ortho intramolecular Hbond substituents is 1. The summed E-state index contributed by atoms with van der Waals surface area (Å²) in [7, 11) is 0. The Morgan fingerprint density at radius 1 is 1.30 bits per heavy atom. The predicted molar refractivity (Wildman–Crippen MR) is 112 cm³/mol. The summed E-state index contributed by atoms with van der Waals surface area (Å²) in [6, 6.07) is 13.0. The first-order valence-corrected chi connectivity index (χ1v) is 9.66. The molecule has 0 bridgehead atoms. The second kappa shape index (κ2) is 8.79. The lowest BCUT2D eigenvalue weighted by molar-refractivity contribution is -0.125. The number of carbonyl (C=O) groups excluding carboxylic acids is 1. The molecule has 1 aromatic heterocycles. The monoisotopic (exact) mass is 445 g/mol. The summed E-state index contributed by atoms with van der Waals surface area (Å²) >= 11 is 5.01. The van der Waals surface area contributed by atoms with Crippen LogP contribution in [-0.2, 0) is 9.63 Å². The molecule has 8 heteroatoms. The van der Waals surface area contributed by atoms with E-state index < -0.39 is 5.91 Å². The summed E-state index contributed by atoms with van der Waals surface area (Å²) in [5.41, 5.74) is 3.53. The van der Waals surface area contributed by atoms with Crippen molar-refractivity contribution in [3.63, 3.8) is 0 Å². The number of carbonyl (C=O) groups is 1. The normalized spacial score (nSPS) is 11.9. The molecule has 0 atom stereocenters. The third-order valence-corrected chi connectivity index (χ3v) is 5.30. The van der Waals surface area contributed by atoms with Crippen molar-refractivity contribution in [1.82, 2.24) is 5.43 Å². The molecule has 0 aliphatic rings. The number of aromatic hydroxyl groups is 1. The van der Waals surface area contributed by atoms with Crippen LogP contribution in [0.5, 0.6) is 5.75 Å². The lowest BCUT2D eigenvalue weighted by atomic mass is 10.1. The molecule has 0 radical (unpaired) electrons. The van der Waals surface area contributed by atoms with Crippen LogP contribution in [-0.4, -0.2) is 29.5 Å². The molecule has 1 heterocycles. The Morgan fingerprint density at radius 3 is 2.81 bits per heavy atom. The van der Waals surface area contributed by atoms with E-state index in [1.54, 1.807) is 17.4 Å². The Labute approximate surface area is 168 Å². The molecule has 3 rings (SSSR count). The van der Waals surface area contributed by atoms with Gasteiger partial charge in [0.2, 0.25) is 0 Å². The van der Waals surface area contributed by atoms with E-state index in [4.69, 9.17) is 4.84 Å². The van der Waals surface area contributed by atoms with E-state index >= 15 is 0 Å². The minimum absolute atomic E-state index is 0.0965. The van der Waals surface area contributed by atoms with E-state index in [0.717, 1.165) is 14.7 Å². The average Bonchev–Trinajstić information content (AvgIpc) is 3.20. The Balaban J connectivity index is 1.59. The van der Waals surface area contributed by atoms with E-state index in [9.17, 15) is 9.90 Å². The molecule has 0 aliphatic carbocycles. The number of nitrogens with zero attached hydrogens (tertiary/aromatic N) is 2. The molecule has 0 saturated carbocycles. The Bertz CT molecular complexity index is 1020. The fraction of sp³-hybridized carbons (Fsp3) is 0.105. The molecule has 2 aromatic carbocycles. The lowest BCUT2D eigenvalue weighted by Crippen LogP contribution is -2.22. The van der Waals surface area contributed by atoms with E-state index in [1.165, 1.54) is 6.21 Å².